The van der Waals surface area contributed by atoms with E-state index in [2.05, 4.69) is 27.2 Å². The van der Waals surface area contributed by atoms with E-state index in [1.165, 1.54) is 5.69 Å². The van der Waals surface area contributed by atoms with Gasteiger partial charge in [0.15, 0.2) is 0 Å². The zero-order valence-corrected chi connectivity index (χ0v) is 19.0. The number of carbonyl (C=O) groups excluding carboxylic acids is 1. The molecule has 1 amide bonds. The van der Waals surface area contributed by atoms with E-state index in [1.807, 2.05) is 56.3 Å². The van der Waals surface area contributed by atoms with Crippen LogP contribution in [-0.2, 0) is 0 Å². The second-order valence-electron chi connectivity index (χ2n) is 8.28. The number of anilines is 1. The Morgan fingerprint density at radius 3 is 2.44 bits per heavy atom. The van der Waals surface area contributed by atoms with Crippen LogP contribution < -0.4 is 15.0 Å². The van der Waals surface area contributed by atoms with E-state index in [0.29, 0.717) is 6.54 Å². The van der Waals surface area contributed by atoms with Gasteiger partial charge in [0.05, 0.1) is 19.4 Å². The average Bonchev–Trinajstić information content (AvgIpc) is 3.34. The molecule has 1 aliphatic rings. The minimum atomic E-state index is -0.0454. The number of furan rings is 1. The lowest BCUT2D eigenvalue weighted by Gasteiger charge is -2.39. The van der Waals surface area contributed by atoms with Gasteiger partial charge in [0, 0.05) is 44.0 Å². The number of benzene rings is 2. The Morgan fingerprint density at radius 1 is 1.06 bits per heavy atom. The number of nitrogens with zero attached hydrogens (tertiary/aromatic N) is 2. The van der Waals surface area contributed by atoms with Crippen LogP contribution in [0.2, 0.25) is 0 Å². The lowest BCUT2D eigenvalue weighted by molar-refractivity contribution is 0.0922. The number of amides is 1. The number of carbonyl (C=O) groups is 1. The molecule has 0 saturated carbocycles. The molecular weight excluding hydrogens is 402 g/mol. The summed E-state index contributed by atoms with van der Waals surface area (Å²) < 4.78 is 11.0. The minimum Gasteiger partial charge on any atom is -0.497 e. The molecule has 3 aromatic rings. The molecule has 0 spiro atoms. The highest BCUT2D eigenvalue weighted by Crippen LogP contribution is 2.25. The van der Waals surface area contributed by atoms with Gasteiger partial charge in [-0.25, -0.2) is 0 Å². The summed E-state index contributed by atoms with van der Waals surface area (Å²) in [5, 5.41) is 3.13. The number of aryl methyl sites for hydroxylation is 2. The van der Waals surface area contributed by atoms with Crippen molar-refractivity contribution in [3.63, 3.8) is 0 Å². The van der Waals surface area contributed by atoms with Gasteiger partial charge in [0.1, 0.15) is 11.5 Å². The molecule has 1 atom stereocenters. The van der Waals surface area contributed by atoms with E-state index in [4.69, 9.17) is 9.15 Å². The fraction of sp³-hybridized carbons (Fsp3) is 0.346. The van der Waals surface area contributed by atoms with E-state index < -0.39 is 0 Å². The fourth-order valence-corrected chi connectivity index (χ4v) is 4.33. The molecule has 168 valence electrons. The fourth-order valence-electron chi connectivity index (χ4n) is 4.33. The van der Waals surface area contributed by atoms with Crippen LogP contribution in [0.25, 0.3) is 0 Å². The molecule has 0 bridgehead atoms. The molecule has 6 nitrogen and oxygen atoms in total. The molecule has 1 aliphatic heterocycles. The molecule has 1 N–H and O–H groups in total. The van der Waals surface area contributed by atoms with Crippen LogP contribution in [0.4, 0.5) is 5.69 Å². The number of hydrogen-bond acceptors (Lipinski definition) is 5. The lowest BCUT2D eigenvalue weighted by Crippen LogP contribution is -2.49. The SMILES string of the molecule is COc1ccc(N2CCN(C(CNC(=O)c3ccc(C)cc3C)c3ccco3)CC2)cc1. The quantitative estimate of drug-likeness (QED) is 0.605. The number of ether oxygens (including phenoxy) is 1. The summed E-state index contributed by atoms with van der Waals surface area (Å²) >= 11 is 0. The van der Waals surface area contributed by atoms with Crippen molar-refractivity contribution >= 4 is 11.6 Å². The van der Waals surface area contributed by atoms with Crippen LogP contribution in [0.1, 0.15) is 33.3 Å². The molecule has 0 aliphatic carbocycles. The van der Waals surface area contributed by atoms with Crippen LogP contribution in [0.15, 0.2) is 65.3 Å². The standard InChI is InChI=1S/C26H31N3O3/c1-19-6-11-23(20(2)17-19)26(30)27-18-24(25-5-4-16-32-25)29-14-12-28(13-15-29)21-7-9-22(31-3)10-8-21/h4-11,16-17,24H,12-15,18H2,1-3H3,(H,27,30). The van der Waals surface area contributed by atoms with E-state index in [1.54, 1.807) is 13.4 Å². The molecule has 1 fully saturated rings. The lowest BCUT2D eigenvalue weighted by atomic mass is 10.0. The third-order valence-electron chi connectivity index (χ3n) is 6.15. The van der Waals surface area contributed by atoms with E-state index >= 15 is 0 Å². The first-order chi connectivity index (χ1) is 15.5. The highest BCUT2D eigenvalue weighted by atomic mass is 16.5. The van der Waals surface area contributed by atoms with Crippen LogP contribution in [0.5, 0.6) is 5.75 Å². The number of hydrogen-bond donors (Lipinski definition) is 1. The van der Waals surface area contributed by atoms with Crippen molar-refractivity contribution < 1.29 is 13.9 Å². The zero-order chi connectivity index (χ0) is 22.5. The van der Waals surface area contributed by atoms with Crippen LogP contribution in [0.3, 0.4) is 0 Å². The summed E-state index contributed by atoms with van der Waals surface area (Å²) in [6, 6.07) is 18.0. The molecule has 32 heavy (non-hydrogen) atoms. The normalized spacial score (nSPS) is 15.4. The monoisotopic (exact) mass is 433 g/mol. The van der Waals surface area contributed by atoms with Gasteiger partial charge in [-0.15, -0.1) is 0 Å². The van der Waals surface area contributed by atoms with Gasteiger partial charge >= 0.3 is 0 Å². The van der Waals surface area contributed by atoms with Gasteiger partial charge in [0.25, 0.3) is 5.91 Å². The van der Waals surface area contributed by atoms with E-state index in [0.717, 1.165) is 54.4 Å². The Kier molecular flexibility index (Phi) is 6.81. The first-order valence-electron chi connectivity index (χ1n) is 11.1. The summed E-state index contributed by atoms with van der Waals surface area (Å²) in [5.41, 5.74) is 4.06. The van der Waals surface area contributed by atoms with Crippen LogP contribution in [-0.4, -0.2) is 50.6 Å². The maximum absolute atomic E-state index is 12.8. The zero-order valence-electron chi connectivity index (χ0n) is 19.0. The summed E-state index contributed by atoms with van der Waals surface area (Å²) in [6.45, 7) is 8.11. The van der Waals surface area contributed by atoms with Crippen molar-refractivity contribution in [3.05, 3.63) is 83.3 Å². The highest BCUT2D eigenvalue weighted by molar-refractivity contribution is 5.95. The molecule has 4 rings (SSSR count). The number of nitrogens with one attached hydrogen (secondary N) is 1. The topological polar surface area (TPSA) is 58.0 Å². The highest BCUT2D eigenvalue weighted by Gasteiger charge is 2.27. The van der Waals surface area contributed by atoms with Crippen molar-refractivity contribution in [1.29, 1.82) is 0 Å². The molecule has 2 aromatic carbocycles. The largest absolute Gasteiger partial charge is 0.497 e. The molecular formula is C26H31N3O3. The summed E-state index contributed by atoms with van der Waals surface area (Å²) in [4.78, 5) is 17.6. The second-order valence-corrected chi connectivity index (χ2v) is 8.28. The Morgan fingerprint density at radius 2 is 1.81 bits per heavy atom. The molecule has 0 radical (unpaired) electrons. The Bertz CT molecular complexity index is 1020. The summed E-state index contributed by atoms with van der Waals surface area (Å²) in [6.07, 6.45) is 1.70. The Hall–Kier alpha value is -3.25. The van der Waals surface area contributed by atoms with Crippen LogP contribution in [0, 0.1) is 13.8 Å². The molecule has 1 aromatic heterocycles. The van der Waals surface area contributed by atoms with Gasteiger partial charge in [0.2, 0.25) is 0 Å². The first kappa shape index (κ1) is 22.0. The smallest absolute Gasteiger partial charge is 0.251 e. The van der Waals surface area contributed by atoms with Gasteiger partial charge < -0.3 is 19.4 Å². The van der Waals surface area contributed by atoms with Gasteiger partial charge in [-0.3, -0.25) is 9.69 Å². The minimum absolute atomic E-state index is 0.00211. The van der Waals surface area contributed by atoms with E-state index in [9.17, 15) is 4.79 Å². The van der Waals surface area contributed by atoms with Crippen molar-refractivity contribution in [1.82, 2.24) is 10.2 Å². The van der Waals surface area contributed by atoms with E-state index in [-0.39, 0.29) is 11.9 Å². The molecule has 1 unspecified atom stereocenters. The predicted molar refractivity (Wildman–Crippen MR) is 126 cm³/mol. The second kappa shape index (κ2) is 9.92. The molecule has 2 heterocycles. The predicted octanol–water partition coefficient (Wildman–Crippen LogP) is 4.20. The Labute approximate surface area is 189 Å². The maximum atomic E-state index is 12.8. The third-order valence-corrected chi connectivity index (χ3v) is 6.15. The number of rotatable bonds is 7. The number of methoxy groups -OCH3 is 1. The van der Waals surface area contributed by atoms with Gasteiger partial charge in [-0.1, -0.05) is 17.7 Å². The first-order valence-corrected chi connectivity index (χ1v) is 11.1. The molecule has 1 saturated heterocycles. The third kappa shape index (κ3) is 4.97. The van der Waals surface area contributed by atoms with Crippen molar-refractivity contribution in [2.45, 2.75) is 19.9 Å². The summed E-state index contributed by atoms with van der Waals surface area (Å²) in [5.74, 6) is 1.70. The van der Waals surface area contributed by atoms with Gasteiger partial charge in [-0.2, -0.15) is 0 Å². The van der Waals surface area contributed by atoms with Crippen molar-refractivity contribution in [3.8, 4) is 5.75 Å². The van der Waals surface area contributed by atoms with Crippen molar-refractivity contribution in [2.75, 3.05) is 44.7 Å². The molecule has 6 heteroatoms. The average molecular weight is 434 g/mol. The van der Waals surface area contributed by atoms with Crippen molar-refractivity contribution in [2.24, 2.45) is 0 Å². The Balaban J connectivity index is 1.41. The van der Waals surface area contributed by atoms with Gasteiger partial charge in [-0.05, 0) is 61.9 Å². The summed E-state index contributed by atoms with van der Waals surface area (Å²) in [7, 11) is 1.68. The maximum Gasteiger partial charge on any atom is 0.251 e. The number of piperazine rings is 1. The van der Waals surface area contributed by atoms with Crippen LogP contribution >= 0.6 is 0 Å².